The predicted octanol–water partition coefficient (Wildman–Crippen LogP) is 2.44. The van der Waals surface area contributed by atoms with E-state index in [9.17, 15) is 0 Å². The number of allylic oxidation sites excluding steroid dienone is 4. The quantitative estimate of drug-likeness (QED) is 0.429. The molecule has 0 aromatic heterocycles. The van der Waals surface area contributed by atoms with Crippen LogP contribution in [-0.4, -0.2) is 5.11 Å². The van der Waals surface area contributed by atoms with Crippen LogP contribution in [-0.2, 0) is 0 Å². The lowest BCUT2D eigenvalue weighted by Crippen LogP contribution is -1.46. The molecular weight excluding hydrogens is 100 g/mol. The molecule has 8 heavy (non-hydrogen) atoms. The van der Waals surface area contributed by atoms with Gasteiger partial charge in [-0.05, 0) is 6.08 Å². The fraction of sp³-hybridized carbons (Fsp3) is 0.143. The summed E-state index contributed by atoms with van der Waals surface area (Å²) in [4.78, 5) is 0. The molecule has 0 aromatic rings. The SMILES string of the molecule is C.C=C/C=C\C=C/O. The van der Waals surface area contributed by atoms with Crippen molar-refractivity contribution in [3.8, 4) is 0 Å². The molecule has 0 bridgehead atoms. The van der Waals surface area contributed by atoms with Gasteiger partial charge in [-0.1, -0.05) is 32.2 Å². The van der Waals surface area contributed by atoms with Crippen LogP contribution >= 0.6 is 0 Å². The van der Waals surface area contributed by atoms with Gasteiger partial charge in [0, 0.05) is 0 Å². The van der Waals surface area contributed by atoms with Crippen molar-refractivity contribution < 1.29 is 5.11 Å². The van der Waals surface area contributed by atoms with Gasteiger partial charge in [-0.3, -0.25) is 0 Å². The van der Waals surface area contributed by atoms with Gasteiger partial charge in [0.2, 0.25) is 0 Å². The minimum Gasteiger partial charge on any atom is -0.516 e. The average molecular weight is 112 g/mol. The molecule has 0 amide bonds. The smallest absolute Gasteiger partial charge is 0.0791 e. The van der Waals surface area contributed by atoms with Gasteiger partial charge in [-0.25, -0.2) is 0 Å². The summed E-state index contributed by atoms with van der Waals surface area (Å²) in [5, 5.41) is 8.03. The summed E-state index contributed by atoms with van der Waals surface area (Å²) in [7, 11) is 0. The monoisotopic (exact) mass is 112 g/mol. The molecule has 0 radical (unpaired) electrons. The van der Waals surface area contributed by atoms with Gasteiger partial charge in [-0.2, -0.15) is 0 Å². The average Bonchev–Trinajstić information content (AvgIpc) is 1.69. The van der Waals surface area contributed by atoms with E-state index in [2.05, 4.69) is 6.58 Å². The molecule has 0 aliphatic heterocycles. The molecule has 0 unspecified atom stereocenters. The topological polar surface area (TPSA) is 20.2 Å². The Labute approximate surface area is 50.7 Å². The number of hydrogen-bond donors (Lipinski definition) is 1. The Kier molecular flexibility index (Phi) is 11.8. The molecule has 0 aliphatic rings. The lowest BCUT2D eigenvalue weighted by molar-refractivity contribution is 0.474. The van der Waals surface area contributed by atoms with Crippen LogP contribution in [0.15, 0.2) is 37.1 Å². The number of aliphatic hydroxyl groups is 1. The van der Waals surface area contributed by atoms with Crippen molar-refractivity contribution in [1.82, 2.24) is 0 Å². The standard InChI is InChI=1S/C6H8O.CH4/c1-2-3-4-5-6-7;/h2-7H,1H2;1H4/b4-3-,6-5-;. The van der Waals surface area contributed by atoms with Gasteiger partial charge in [0.15, 0.2) is 0 Å². The van der Waals surface area contributed by atoms with Gasteiger partial charge < -0.3 is 5.11 Å². The Morgan fingerprint density at radius 3 is 2.12 bits per heavy atom. The van der Waals surface area contributed by atoms with Gasteiger partial charge >= 0.3 is 0 Å². The van der Waals surface area contributed by atoms with Crippen molar-refractivity contribution in [3.05, 3.63) is 37.1 Å². The molecule has 0 heterocycles. The van der Waals surface area contributed by atoms with Crippen LogP contribution in [0.1, 0.15) is 7.43 Å². The van der Waals surface area contributed by atoms with Crippen molar-refractivity contribution in [2.45, 2.75) is 7.43 Å². The van der Waals surface area contributed by atoms with Crippen molar-refractivity contribution >= 4 is 0 Å². The van der Waals surface area contributed by atoms with Crippen LogP contribution in [0.3, 0.4) is 0 Å². The molecule has 0 atom stereocenters. The third-order valence-corrected chi connectivity index (χ3v) is 0.444. The summed E-state index contributed by atoms with van der Waals surface area (Å²) in [5.41, 5.74) is 0. The normalized spacial score (nSPS) is 9.50. The van der Waals surface area contributed by atoms with Gasteiger partial charge in [0.05, 0.1) is 6.26 Å². The summed E-state index contributed by atoms with van der Waals surface area (Å²) in [6, 6.07) is 0. The summed E-state index contributed by atoms with van der Waals surface area (Å²) >= 11 is 0. The Morgan fingerprint density at radius 1 is 1.12 bits per heavy atom. The highest BCUT2D eigenvalue weighted by Crippen LogP contribution is 1.72. The van der Waals surface area contributed by atoms with Crippen molar-refractivity contribution in [2.24, 2.45) is 0 Å². The van der Waals surface area contributed by atoms with Crippen LogP contribution in [0, 0.1) is 0 Å². The molecule has 0 aliphatic carbocycles. The third kappa shape index (κ3) is 8.89. The first kappa shape index (κ1) is 10.1. The zero-order valence-electron chi connectivity index (χ0n) is 4.04. The summed E-state index contributed by atoms with van der Waals surface area (Å²) < 4.78 is 0. The second kappa shape index (κ2) is 9.39. The molecule has 1 nitrogen and oxygen atoms in total. The van der Waals surface area contributed by atoms with Gasteiger partial charge in [-0.15, -0.1) is 0 Å². The second-order valence-electron chi connectivity index (χ2n) is 0.962. The maximum atomic E-state index is 8.03. The summed E-state index contributed by atoms with van der Waals surface area (Å²) in [5.74, 6) is 0. The van der Waals surface area contributed by atoms with Crippen molar-refractivity contribution in [3.63, 3.8) is 0 Å². The molecule has 0 saturated carbocycles. The maximum Gasteiger partial charge on any atom is 0.0791 e. The van der Waals surface area contributed by atoms with E-state index in [-0.39, 0.29) is 7.43 Å². The molecule has 0 fully saturated rings. The number of rotatable bonds is 2. The van der Waals surface area contributed by atoms with E-state index in [1.165, 1.54) is 6.08 Å². The van der Waals surface area contributed by atoms with E-state index in [0.717, 1.165) is 6.26 Å². The highest BCUT2D eigenvalue weighted by Gasteiger charge is 1.53. The number of hydrogen-bond acceptors (Lipinski definition) is 1. The van der Waals surface area contributed by atoms with Crippen molar-refractivity contribution in [2.75, 3.05) is 0 Å². The predicted molar refractivity (Wildman–Crippen MR) is 37.8 cm³/mol. The molecule has 1 heteroatoms. The fourth-order valence-corrected chi connectivity index (χ4v) is 0.192. The lowest BCUT2D eigenvalue weighted by atomic mass is 10.5. The molecule has 0 rings (SSSR count). The van der Waals surface area contributed by atoms with Gasteiger partial charge in [0.25, 0.3) is 0 Å². The van der Waals surface area contributed by atoms with Crippen LogP contribution < -0.4 is 0 Å². The second-order valence-corrected chi connectivity index (χ2v) is 0.962. The Bertz CT molecular complexity index is 90.6. The largest absolute Gasteiger partial charge is 0.516 e. The molecule has 46 valence electrons. The first-order valence-corrected chi connectivity index (χ1v) is 2.00. The van der Waals surface area contributed by atoms with E-state index in [0.29, 0.717) is 0 Å². The number of aliphatic hydroxyl groups excluding tert-OH is 1. The maximum absolute atomic E-state index is 8.03. The van der Waals surface area contributed by atoms with Crippen molar-refractivity contribution in [1.29, 1.82) is 0 Å². The lowest BCUT2D eigenvalue weighted by Gasteiger charge is -1.65. The first-order chi connectivity index (χ1) is 3.41. The molecule has 0 aromatic carbocycles. The molecule has 0 spiro atoms. The zero-order valence-corrected chi connectivity index (χ0v) is 4.04. The van der Waals surface area contributed by atoms with E-state index in [1.807, 2.05) is 0 Å². The van der Waals surface area contributed by atoms with Crippen LogP contribution in [0.2, 0.25) is 0 Å². The Morgan fingerprint density at radius 2 is 1.75 bits per heavy atom. The van der Waals surface area contributed by atoms with Crippen LogP contribution in [0.4, 0.5) is 0 Å². The fourth-order valence-electron chi connectivity index (χ4n) is 0.192. The highest BCUT2D eigenvalue weighted by molar-refractivity contribution is 5.06. The van der Waals surface area contributed by atoms with E-state index < -0.39 is 0 Å². The highest BCUT2D eigenvalue weighted by atomic mass is 16.2. The Balaban J connectivity index is 0. The minimum absolute atomic E-state index is 0. The third-order valence-electron chi connectivity index (χ3n) is 0.444. The van der Waals surface area contributed by atoms with E-state index in [4.69, 9.17) is 5.11 Å². The van der Waals surface area contributed by atoms with Crippen LogP contribution in [0.25, 0.3) is 0 Å². The summed E-state index contributed by atoms with van der Waals surface area (Å²) in [6.45, 7) is 3.43. The van der Waals surface area contributed by atoms with E-state index in [1.54, 1.807) is 18.2 Å². The van der Waals surface area contributed by atoms with Gasteiger partial charge in [0.1, 0.15) is 0 Å². The minimum atomic E-state index is 0. The van der Waals surface area contributed by atoms with E-state index >= 15 is 0 Å². The van der Waals surface area contributed by atoms with Crippen LogP contribution in [0.5, 0.6) is 0 Å². The molecule has 1 N–H and O–H groups in total. The first-order valence-electron chi connectivity index (χ1n) is 2.00. The summed E-state index contributed by atoms with van der Waals surface area (Å²) in [6.07, 6.45) is 7.54. The molecule has 0 saturated heterocycles. The molecular formula is C7H12O. The Hall–Kier alpha value is -0.980. The zero-order chi connectivity index (χ0) is 5.54.